The molecule has 0 aliphatic carbocycles. The molecule has 0 atom stereocenters. The number of thioether (sulfide) groups is 1. The first-order valence-corrected chi connectivity index (χ1v) is 9.72. The van der Waals surface area contributed by atoms with Gasteiger partial charge in [0.15, 0.2) is 0 Å². The molecular formula is C20H26N4OS. The van der Waals surface area contributed by atoms with Crippen molar-refractivity contribution in [2.45, 2.75) is 24.2 Å². The largest absolute Gasteiger partial charge is 0.392 e. The Bertz CT molecular complexity index is 731. The SMILES string of the molecule is NN/C(CO)=C(\N)Sc1ccc(-c2ccc(N3CCCCC3)cc2)cc1. The van der Waals surface area contributed by atoms with E-state index in [0.717, 1.165) is 18.0 Å². The fraction of sp³-hybridized carbons (Fsp3) is 0.300. The predicted molar refractivity (Wildman–Crippen MR) is 109 cm³/mol. The minimum Gasteiger partial charge on any atom is -0.392 e. The number of hydrogen-bond donors (Lipinski definition) is 4. The van der Waals surface area contributed by atoms with E-state index in [4.69, 9.17) is 11.6 Å². The number of hydrazine groups is 1. The second kappa shape index (κ2) is 8.98. The molecular weight excluding hydrogens is 344 g/mol. The average molecular weight is 371 g/mol. The number of rotatable bonds is 6. The topological polar surface area (TPSA) is 87.5 Å². The van der Waals surface area contributed by atoms with Gasteiger partial charge in [0.2, 0.25) is 0 Å². The van der Waals surface area contributed by atoms with E-state index >= 15 is 0 Å². The third-order valence-electron chi connectivity index (χ3n) is 4.63. The molecule has 0 aromatic heterocycles. The lowest BCUT2D eigenvalue weighted by Crippen LogP contribution is -2.29. The van der Waals surface area contributed by atoms with Crippen LogP contribution in [0.2, 0.25) is 0 Å². The molecule has 3 rings (SSSR count). The van der Waals surface area contributed by atoms with Gasteiger partial charge in [0.25, 0.3) is 0 Å². The van der Waals surface area contributed by atoms with E-state index in [-0.39, 0.29) is 6.61 Å². The first-order chi connectivity index (χ1) is 12.7. The first-order valence-electron chi connectivity index (χ1n) is 8.90. The highest BCUT2D eigenvalue weighted by Crippen LogP contribution is 2.29. The van der Waals surface area contributed by atoms with Crippen LogP contribution < -0.4 is 21.9 Å². The number of nitrogens with zero attached hydrogens (tertiary/aromatic N) is 1. The minimum absolute atomic E-state index is 0.212. The Morgan fingerprint density at radius 1 is 0.962 bits per heavy atom. The van der Waals surface area contributed by atoms with Gasteiger partial charge in [-0.05, 0) is 54.7 Å². The van der Waals surface area contributed by atoms with Gasteiger partial charge >= 0.3 is 0 Å². The quantitative estimate of drug-likeness (QED) is 0.355. The molecule has 0 saturated carbocycles. The van der Waals surface area contributed by atoms with Gasteiger partial charge in [-0.1, -0.05) is 36.0 Å². The van der Waals surface area contributed by atoms with E-state index in [2.05, 4.69) is 46.7 Å². The Labute approximate surface area is 159 Å². The van der Waals surface area contributed by atoms with E-state index in [0.29, 0.717) is 10.7 Å². The molecule has 1 fully saturated rings. The Morgan fingerprint density at radius 2 is 1.54 bits per heavy atom. The van der Waals surface area contributed by atoms with Crippen LogP contribution in [0.1, 0.15) is 19.3 Å². The maximum absolute atomic E-state index is 9.19. The summed E-state index contributed by atoms with van der Waals surface area (Å²) in [7, 11) is 0. The molecule has 138 valence electrons. The number of benzene rings is 2. The molecule has 6 heteroatoms. The summed E-state index contributed by atoms with van der Waals surface area (Å²) in [5, 5.41) is 9.65. The fourth-order valence-electron chi connectivity index (χ4n) is 3.12. The molecule has 0 radical (unpaired) electrons. The number of piperidine rings is 1. The van der Waals surface area contributed by atoms with Gasteiger partial charge in [-0.15, -0.1) is 0 Å². The molecule has 1 saturated heterocycles. The van der Waals surface area contributed by atoms with Crippen molar-refractivity contribution in [1.82, 2.24) is 5.43 Å². The van der Waals surface area contributed by atoms with Crippen LogP contribution in [0.5, 0.6) is 0 Å². The zero-order valence-electron chi connectivity index (χ0n) is 14.8. The molecule has 0 bridgehead atoms. The van der Waals surface area contributed by atoms with Gasteiger partial charge in [-0.3, -0.25) is 5.84 Å². The highest BCUT2D eigenvalue weighted by atomic mass is 32.2. The molecule has 5 nitrogen and oxygen atoms in total. The zero-order chi connectivity index (χ0) is 18.4. The second-order valence-electron chi connectivity index (χ2n) is 6.37. The van der Waals surface area contributed by atoms with Gasteiger partial charge in [-0.25, -0.2) is 0 Å². The average Bonchev–Trinajstić information content (AvgIpc) is 2.70. The van der Waals surface area contributed by atoms with Gasteiger partial charge < -0.3 is 21.2 Å². The first kappa shape index (κ1) is 18.6. The van der Waals surface area contributed by atoms with Crippen molar-refractivity contribution >= 4 is 17.4 Å². The van der Waals surface area contributed by atoms with Crippen LogP contribution in [0.4, 0.5) is 5.69 Å². The summed E-state index contributed by atoms with van der Waals surface area (Å²) >= 11 is 1.37. The number of hydrogen-bond acceptors (Lipinski definition) is 6. The Kier molecular flexibility index (Phi) is 6.44. The van der Waals surface area contributed by atoms with Crippen LogP contribution in [-0.4, -0.2) is 24.8 Å². The van der Waals surface area contributed by atoms with E-state index in [9.17, 15) is 5.11 Å². The number of anilines is 1. The van der Waals surface area contributed by atoms with Crippen molar-refractivity contribution in [3.8, 4) is 11.1 Å². The lowest BCUT2D eigenvalue weighted by Gasteiger charge is -2.28. The van der Waals surface area contributed by atoms with Crippen molar-refractivity contribution in [3.05, 3.63) is 59.3 Å². The number of nitrogens with one attached hydrogen (secondary N) is 1. The smallest absolute Gasteiger partial charge is 0.0935 e. The van der Waals surface area contributed by atoms with Gasteiger partial charge in [0.05, 0.1) is 17.3 Å². The molecule has 1 heterocycles. The summed E-state index contributed by atoms with van der Waals surface area (Å²) < 4.78 is 0. The highest BCUT2D eigenvalue weighted by molar-refractivity contribution is 8.03. The minimum atomic E-state index is -0.212. The van der Waals surface area contributed by atoms with Crippen molar-refractivity contribution in [3.63, 3.8) is 0 Å². The maximum atomic E-state index is 9.19. The van der Waals surface area contributed by atoms with Crippen molar-refractivity contribution in [2.24, 2.45) is 11.6 Å². The summed E-state index contributed by atoms with van der Waals surface area (Å²) in [4.78, 5) is 3.46. The van der Waals surface area contributed by atoms with Crippen LogP contribution in [0.3, 0.4) is 0 Å². The van der Waals surface area contributed by atoms with E-state index in [1.807, 2.05) is 12.1 Å². The Morgan fingerprint density at radius 3 is 2.08 bits per heavy atom. The molecule has 26 heavy (non-hydrogen) atoms. The Hall–Kier alpha value is -2.15. The summed E-state index contributed by atoms with van der Waals surface area (Å²) in [6.45, 7) is 2.11. The van der Waals surface area contributed by atoms with Crippen molar-refractivity contribution in [1.29, 1.82) is 0 Å². The molecule has 1 aliphatic rings. The van der Waals surface area contributed by atoms with E-state index in [1.165, 1.54) is 47.8 Å². The van der Waals surface area contributed by atoms with E-state index in [1.54, 1.807) is 0 Å². The second-order valence-corrected chi connectivity index (χ2v) is 7.48. The molecule has 6 N–H and O–H groups in total. The van der Waals surface area contributed by atoms with Crippen LogP contribution in [0.15, 0.2) is 64.2 Å². The van der Waals surface area contributed by atoms with Crippen molar-refractivity contribution in [2.75, 3.05) is 24.6 Å². The van der Waals surface area contributed by atoms with Gasteiger partial charge in [0, 0.05) is 23.7 Å². The standard InChI is InChI=1S/C20H26N4OS/c21-20(19(14-25)23-22)26-18-10-6-16(7-11-18)15-4-8-17(9-5-15)24-12-2-1-3-13-24/h4-11,23,25H,1-3,12-14,21-22H2/b20-19+. The molecule has 0 unspecified atom stereocenters. The summed E-state index contributed by atoms with van der Waals surface area (Å²) in [6, 6.07) is 17.0. The third kappa shape index (κ3) is 4.52. The molecule has 2 aromatic carbocycles. The van der Waals surface area contributed by atoms with Crippen LogP contribution in [0.25, 0.3) is 11.1 Å². The van der Waals surface area contributed by atoms with Gasteiger partial charge in [0.1, 0.15) is 0 Å². The lowest BCUT2D eigenvalue weighted by atomic mass is 10.0. The number of aliphatic hydroxyl groups is 1. The monoisotopic (exact) mass is 370 g/mol. The molecule has 2 aromatic rings. The fourth-order valence-corrected chi connectivity index (χ4v) is 3.89. The molecule has 1 aliphatic heterocycles. The number of nitrogens with two attached hydrogens (primary N) is 2. The number of aliphatic hydroxyl groups excluding tert-OH is 1. The van der Waals surface area contributed by atoms with Crippen LogP contribution in [0, 0.1) is 0 Å². The summed E-state index contributed by atoms with van der Waals surface area (Å²) in [5.74, 6) is 5.34. The summed E-state index contributed by atoms with van der Waals surface area (Å²) in [6.07, 6.45) is 3.92. The maximum Gasteiger partial charge on any atom is 0.0935 e. The van der Waals surface area contributed by atoms with Crippen LogP contribution >= 0.6 is 11.8 Å². The zero-order valence-corrected chi connectivity index (χ0v) is 15.6. The lowest BCUT2D eigenvalue weighted by molar-refractivity contribution is 0.321. The summed E-state index contributed by atoms with van der Waals surface area (Å²) in [5.41, 5.74) is 12.5. The Balaban J connectivity index is 1.69. The molecule has 0 amide bonds. The van der Waals surface area contributed by atoms with Crippen LogP contribution in [-0.2, 0) is 0 Å². The molecule has 0 spiro atoms. The highest BCUT2D eigenvalue weighted by Gasteiger charge is 2.11. The normalized spacial score (nSPS) is 15.5. The van der Waals surface area contributed by atoms with E-state index < -0.39 is 0 Å². The van der Waals surface area contributed by atoms with Crippen molar-refractivity contribution < 1.29 is 5.11 Å². The third-order valence-corrected chi connectivity index (χ3v) is 5.61. The van der Waals surface area contributed by atoms with Gasteiger partial charge in [-0.2, -0.15) is 0 Å². The predicted octanol–water partition coefficient (Wildman–Crippen LogP) is 3.02.